The van der Waals surface area contributed by atoms with Gasteiger partial charge in [0.05, 0.1) is 6.04 Å². The van der Waals surface area contributed by atoms with Gasteiger partial charge in [0.15, 0.2) is 0 Å². The molecule has 0 aromatic heterocycles. The molecule has 1 unspecified atom stereocenters. The van der Waals surface area contributed by atoms with Gasteiger partial charge in [-0.25, -0.2) is 0 Å². The quantitative estimate of drug-likeness (QED) is 0.756. The van der Waals surface area contributed by atoms with E-state index in [4.69, 9.17) is 0 Å². The van der Waals surface area contributed by atoms with Crippen LogP contribution in [0.3, 0.4) is 0 Å². The molecule has 0 aliphatic carbocycles. The van der Waals surface area contributed by atoms with Crippen LogP contribution in [-0.4, -0.2) is 54.3 Å². The van der Waals surface area contributed by atoms with Crippen LogP contribution in [0.2, 0.25) is 0 Å². The Hall–Kier alpha value is -2.37. The van der Waals surface area contributed by atoms with E-state index in [1.165, 1.54) is 5.56 Å². The van der Waals surface area contributed by atoms with Crippen molar-refractivity contribution >= 4 is 24.2 Å². The van der Waals surface area contributed by atoms with Gasteiger partial charge in [0.25, 0.3) is 11.8 Å². The van der Waals surface area contributed by atoms with Crippen LogP contribution in [0.1, 0.15) is 58.7 Å². The van der Waals surface area contributed by atoms with Crippen LogP contribution in [-0.2, 0) is 6.42 Å². The van der Waals surface area contributed by atoms with Crippen molar-refractivity contribution in [2.45, 2.75) is 33.2 Å². The lowest BCUT2D eigenvalue weighted by Crippen LogP contribution is -2.48. The lowest BCUT2D eigenvalue weighted by atomic mass is 9.99. The van der Waals surface area contributed by atoms with Crippen LogP contribution in [0.5, 0.6) is 0 Å². The smallest absolute Gasteiger partial charge is 0.254 e. The van der Waals surface area contributed by atoms with Crippen LogP contribution in [0, 0.1) is 0 Å². The summed E-state index contributed by atoms with van der Waals surface area (Å²) in [6, 6.07) is 15.6. The molecule has 0 bridgehead atoms. The third kappa shape index (κ3) is 5.21. The Morgan fingerprint density at radius 2 is 1.57 bits per heavy atom. The largest absolute Gasteiger partial charge is 0.339 e. The molecule has 1 aliphatic rings. The minimum Gasteiger partial charge on any atom is -0.339 e. The summed E-state index contributed by atoms with van der Waals surface area (Å²) in [5, 5.41) is 3.40. The van der Waals surface area contributed by atoms with Crippen molar-refractivity contribution in [2.75, 3.05) is 32.7 Å². The van der Waals surface area contributed by atoms with E-state index in [2.05, 4.69) is 36.5 Å². The van der Waals surface area contributed by atoms with Crippen molar-refractivity contribution in [3.63, 3.8) is 0 Å². The van der Waals surface area contributed by atoms with Crippen molar-refractivity contribution in [3.05, 3.63) is 70.8 Å². The second kappa shape index (κ2) is 11.1. The summed E-state index contributed by atoms with van der Waals surface area (Å²) in [4.78, 5) is 29.5. The standard InChI is InChI=1S/C24H31N3O2.ClH/c1-4-18-7-9-19(10-8-18)22-17-25-15-16-27(22)24(29)21-13-11-20(12-14-21)23(28)26(5-2)6-3;/h7-14,22,25H,4-6,15-17H2,1-3H3;1H. The molecule has 162 valence electrons. The Labute approximate surface area is 185 Å². The lowest BCUT2D eigenvalue weighted by Gasteiger charge is -2.36. The molecule has 0 saturated carbocycles. The van der Waals surface area contributed by atoms with Gasteiger partial charge >= 0.3 is 0 Å². The molecular formula is C24H32ClN3O2. The maximum Gasteiger partial charge on any atom is 0.254 e. The molecule has 1 fully saturated rings. The third-order valence-electron chi connectivity index (χ3n) is 5.71. The van der Waals surface area contributed by atoms with Crippen LogP contribution < -0.4 is 5.32 Å². The minimum atomic E-state index is 0. The SMILES string of the molecule is CCc1ccc(C2CNCCN2C(=O)c2ccc(C(=O)N(CC)CC)cc2)cc1.Cl. The van der Waals surface area contributed by atoms with Gasteiger partial charge < -0.3 is 15.1 Å². The summed E-state index contributed by atoms with van der Waals surface area (Å²) < 4.78 is 0. The van der Waals surface area contributed by atoms with Crippen LogP contribution in [0.4, 0.5) is 0 Å². The Bertz CT molecular complexity index is 833. The van der Waals surface area contributed by atoms with E-state index in [-0.39, 0.29) is 30.3 Å². The second-order valence-electron chi connectivity index (χ2n) is 7.37. The highest BCUT2D eigenvalue weighted by atomic mass is 35.5. The third-order valence-corrected chi connectivity index (χ3v) is 5.71. The first kappa shape index (κ1) is 23.9. The maximum absolute atomic E-state index is 13.2. The monoisotopic (exact) mass is 429 g/mol. The maximum atomic E-state index is 13.2. The second-order valence-corrected chi connectivity index (χ2v) is 7.37. The van der Waals surface area contributed by atoms with Crippen molar-refractivity contribution in [3.8, 4) is 0 Å². The average Bonchev–Trinajstić information content (AvgIpc) is 2.79. The fourth-order valence-electron chi connectivity index (χ4n) is 3.84. The molecule has 1 aliphatic heterocycles. The van der Waals surface area contributed by atoms with Gasteiger partial charge in [0.2, 0.25) is 0 Å². The summed E-state index contributed by atoms with van der Waals surface area (Å²) in [6.07, 6.45) is 1.00. The predicted molar refractivity (Wildman–Crippen MR) is 123 cm³/mol. The number of rotatable bonds is 6. The van der Waals surface area contributed by atoms with Gasteiger partial charge in [-0.05, 0) is 55.7 Å². The first-order valence-electron chi connectivity index (χ1n) is 10.6. The predicted octanol–water partition coefficient (Wildman–Crippen LogP) is 3.94. The molecule has 1 heterocycles. The van der Waals surface area contributed by atoms with Gasteiger partial charge in [-0.15, -0.1) is 12.4 Å². The highest BCUT2D eigenvalue weighted by molar-refractivity contribution is 5.98. The summed E-state index contributed by atoms with van der Waals surface area (Å²) in [7, 11) is 0. The molecule has 2 aromatic rings. The van der Waals surface area contributed by atoms with E-state index in [1.54, 1.807) is 29.2 Å². The Morgan fingerprint density at radius 1 is 0.967 bits per heavy atom. The summed E-state index contributed by atoms with van der Waals surface area (Å²) >= 11 is 0. The fourth-order valence-corrected chi connectivity index (χ4v) is 3.84. The number of hydrogen-bond acceptors (Lipinski definition) is 3. The first-order valence-corrected chi connectivity index (χ1v) is 10.6. The minimum absolute atomic E-state index is 0. The zero-order chi connectivity index (χ0) is 20.8. The number of carbonyl (C=O) groups is 2. The number of halogens is 1. The zero-order valence-corrected chi connectivity index (χ0v) is 18.9. The summed E-state index contributed by atoms with van der Waals surface area (Å²) in [5.74, 6) is 0.0166. The molecule has 1 saturated heterocycles. The number of benzene rings is 2. The van der Waals surface area contributed by atoms with E-state index >= 15 is 0 Å². The Morgan fingerprint density at radius 3 is 2.13 bits per heavy atom. The summed E-state index contributed by atoms with van der Waals surface area (Å²) in [5.41, 5.74) is 3.69. The van der Waals surface area contributed by atoms with Gasteiger partial charge in [-0.3, -0.25) is 9.59 Å². The molecule has 3 rings (SSSR count). The van der Waals surface area contributed by atoms with Crippen molar-refractivity contribution in [1.29, 1.82) is 0 Å². The summed E-state index contributed by atoms with van der Waals surface area (Å²) in [6.45, 7) is 9.63. The number of carbonyl (C=O) groups excluding carboxylic acids is 2. The molecule has 5 nitrogen and oxygen atoms in total. The van der Waals surface area contributed by atoms with Crippen LogP contribution in [0.15, 0.2) is 48.5 Å². The van der Waals surface area contributed by atoms with E-state index < -0.39 is 0 Å². The topological polar surface area (TPSA) is 52.7 Å². The van der Waals surface area contributed by atoms with Crippen molar-refractivity contribution in [2.24, 2.45) is 0 Å². The zero-order valence-electron chi connectivity index (χ0n) is 18.1. The molecule has 1 atom stereocenters. The Balaban J connectivity index is 0.00000320. The highest BCUT2D eigenvalue weighted by Crippen LogP contribution is 2.25. The number of amides is 2. The molecule has 30 heavy (non-hydrogen) atoms. The van der Waals surface area contributed by atoms with Crippen molar-refractivity contribution in [1.82, 2.24) is 15.1 Å². The number of aryl methyl sites for hydroxylation is 1. The number of piperazine rings is 1. The fraction of sp³-hybridized carbons (Fsp3) is 0.417. The number of hydrogen-bond donors (Lipinski definition) is 1. The molecule has 2 amide bonds. The van der Waals surface area contributed by atoms with Crippen molar-refractivity contribution < 1.29 is 9.59 Å². The molecular weight excluding hydrogens is 398 g/mol. The molecule has 0 spiro atoms. The van der Waals surface area contributed by atoms with Gasteiger partial charge in [0, 0.05) is 43.9 Å². The molecule has 0 radical (unpaired) electrons. The van der Waals surface area contributed by atoms with E-state index in [0.717, 1.165) is 25.1 Å². The van der Waals surface area contributed by atoms with Gasteiger partial charge in [-0.1, -0.05) is 31.2 Å². The van der Waals surface area contributed by atoms with Gasteiger partial charge in [0.1, 0.15) is 0 Å². The van der Waals surface area contributed by atoms with Gasteiger partial charge in [-0.2, -0.15) is 0 Å². The van der Waals surface area contributed by atoms with E-state index in [9.17, 15) is 9.59 Å². The number of nitrogens with zero attached hydrogens (tertiary/aromatic N) is 2. The normalized spacial score (nSPS) is 16.0. The van der Waals surface area contributed by atoms with E-state index in [1.807, 2.05) is 18.7 Å². The van der Waals surface area contributed by atoms with Crippen LogP contribution in [0.25, 0.3) is 0 Å². The highest BCUT2D eigenvalue weighted by Gasteiger charge is 2.28. The average molecular weight is 430 g/mol. The molecule has 2 aromatic carbocycles. The first-order chi connectivity index (χ1) is 14.1. The molecule has 6 heteroatoms. The van der Waals surface area contributed by atoms with Crippen LogP contribution >= 0.6 is 12.4 Å². The Kier molecular flexibility index (Phi) is 8.88. The van der Waals surface area contributed by atoms with E-state index in [0.29, 0.717) is 30.8 Å². The molecule has 1 N–H and O–H groups in total. The lowest BCUT2D eigenvalue weighted by molar-refractivity contribution is 0.0633. The number of nitrogens with one attached hydrogen (secondary N) is 1.